The first kappa shape index (κ1) is 18.4. The molecule has 4 rings (SSSR count). The molecule has 1 aromatic heterocycles. The van der Waals surface area contributed by atoms with Crippen molar-refractivity contribution in [1.82, 2.24) is 10.3 Å². The van der Waals surface area contributed by atoms with Crippen LogP contribution in [0.3, 0.4) is 0 Å². The number of para-hydroxylation sites is 1. The number of hydrogen-bond acceptors (Lipinski definition) is 3. The molecule has 4 heteroatoms. The second-order valence-electron chi connectivity index (χ2n) is 7.14. The minimum Gasteiger partial charge on any atom is -0.348 e. The van der Waals surface area contributed by atoms with Crippen LogP contribution in [-0.4, -0.2) is 10.9 Å². The second kappa shape index (κ2) is 7.95. The molecule has 3 nitrogen and oxygen atoms in total. The Morgan fingerprint density at radius 2 is 1.68 bits per heavy atom. The van der Waals surface area contributed by atoms with Crippen LogP contribution in [0, 0.1) is 0 Å². The molecule has 28 heavy (non-hydrogen) atoms. The van der Waals surface area contributed by atoms with Gasteiger partial charge in [0.25, 0.3) is 5.91 Å². The zero-order chi connectivity index (χ0) is 19.5. The summed E-state index contributed by atoms with van der Waals surface area (Å²) in [5.41, 5.74) is 5.12. The Morgan fingerprint density at radius 3 is 2.36 bits per heavy atom. The maximum atomic E-state index is 12.4. The van der Waals surface area contributed by atoms with E-state index >= 15 is 0 Å². The Hall–Kier alpha value is -2.98. The van der Waals surface area contributed by atoms with Crippen LogP contribution in [0.4, 0.5) is 0 Å². The van der Waals surface area contributed by atoms with Gasteiger partial charge >= 0.3 is 0 Å². The molecule has 1 N–H and O–H groups in total. The number of fused-ring (bicyclic) bond motifs is 1. The highest BCUT2D eigenvalue weighted by Gasteiger charge is 2.08. The van der Waals surface area contributed by atoms with Crippen LogP contribution in [0.5, 0.6) is 0 Å². The maximum Gasteiger partial charge on any atom is 0.251 e. The van der Waals surface area contributed by atoms with Crippen LogP contribution in [0.2, 0.25) is 0 Å². The van der Waals surface area contributed by atoms with E-state index in [1.165, 1.54) is 10.3 Å². The van der Waals surface area contributed by atoms with Crippen molar-refractivity contribution in [3.63, 3.8) is 0 Å². The molecule has 3 aromatic carbocycles. The largest absolute Gasteiger partial charge is 0.348 e. The quantitative estimate of drug-likeness (QED) is 0.456. The normalized spacial score (nSPS) is 11.1. The first-order valence-electron chi connectivity index (χ1n) is 9.43. The number of hydrogen-bond donors (Lipinski definition) is 1. The lowest BCUT2D eigenvalue weighted by atomic mass is 10.0. The number of rotatable bonds is 5. The third-order valence-corrected chi connectivity index (χ3v) is 5.87. The van der Waals surface area contributed by atoms with Gasteiger partial charge in [-0.25, -0.2) is 4.98 Å². The van der Waals surface area contributed by atoms with Crippen molar-refractivity contribution >= 4 is 27.5 Å². The van der Waals surface area contributed by atoms with Crippen LogP contribution >= 0.6 is 11.3 Å². The van der Waals surface area contributed by atoms with Gasteiger partial charge in [-0.3, -0.25) is 4.79 Å². The van der Waals surface area contributed by atoms with Gasteiger partial charge in [0, 0.05) is 17.7 Å². The van der Waals surface area contributed by atoms with Gasteiger partial charge in [-0.2, -0.15) is 0 Å². The van der Waals surface area contributed by atoms with Crippen molar-refractivity contribution in [2.75, 3.05) is 0 Å². The lowest BCUT2D eigenvalue weighted by molar-refractivity contribution is 0.0951. The molecule has 0 aliphatic heterocycles. The summed E-state index contributed by atoms with van der Waals surface area (Å²) in [7, 11) is 0. The molecule has 0 aliphatic rings. The molecule has 0 saturated carbocycles. The molecule has 0 unspecified atom stereocenters. The van der Waals surface area contributed by atoms with Crippen LogP contribution in [0.15, 0.2) is 72.8 Å². The van der Waals surface area contributed by atoms with E-state index in [0.29, 0.717) is 18.0 Å². The second-order valence-corrected chi connectivity index (χ2v) is 8.17. The van der Waals surface area contributed by atoms with Crippen molar-refractivity contribution in [2.24, 2.45) is 0 Å². The van der Waals surface area contributed by atoms with Crippen LogP contribution < -0.4 is 5.32 Å². The van der Waals surface area contributed by atoms with Gasteiger partial charge in [0.05, 0.1) is 10.2 Å². The third kappa shape index (κ3) is 3.97. The molecule has 0 fully saturated rings. The van der Waals surface area contributed by atoms with Crippen molar-refractivity contribution in [1.29, 1.82) is 0 Å². The van der Waals surface area contributed by atoms with E-state index in [1.807, 2.05) is 54.6 Å². The van der Waals surface area contributed by atoms with Crippen molar-refractivity contribution in [3.8, 4) is 10.6 Å². The number of thiazole rings is 1. The monoisotopic (exact) mass is 386 g/mol. The minimum absolute atomic E-state index is 0.0504. The Morgan fingerprint density at radius 1 is 0.964 bits per heavy atom. The van der Waals surface area contributed by atoms with Gasteiger partial charge in [0.15, 0.2) is 0 Å². The predicted molar refractivity (Wildman–Crippen MR) is 117 cm³/mol. The summed E-state index contributed by atoms with van der Waals surface area (Å²) < 4.78 is 1.19. The van der Waals surface area contributed by atoms with Gasteiger partial charge in [-0.05, 0) is 41.3 Å². The number of nitrogens with zero attached hydrogens (tertiary/aromatic N) is 1. The molecule has 0 saturated heterocycles. The molecular formula is C24H22N2OS. The van der Waals surface area contributed by atoms with Crippen LogP contribution in [0.1, 0.15) is 41.3 Å². The van der Waals surface area contributed by atoms with E-state index in [4.69, 9.17) is 4.98 Å². The Balaban J connectivity index is 1.41. The Labute approximate surface area is 169 Å². The number of carbonyl (C=O) groups excluding carboxylic acids is 1. The average molecular weight is 387 g/mol. The van der Waals surface area contributed by atoms with E-state index in [9.17, 15) is 4.79 Å². The fraction of sp³-hybridized carbons (Fsp3) is 0.167. The standard InChI is InChI=1S/C24H22N2OS/c1-16(2)18-11-13-19(14-12-18)23(27)25-15-17-7-9-20(10-8-17)24-26-21-5-3-4-6-22(21)28-24/h3-14,16H,15H2,1-2H3,(H,25,27). The van der Waals surface area contributed by atoms with E-state index in [0.717, 1.165) is 21.7 Å². The first-order chi connectivity index (χ1) is 13.6. The van der Waals surface area contributed by atoms with Gasteiger partial charge < -0.3 is 5.32 Å². The third-order valence-electron chi connectivity index (χ3n) is 4.79. The molecule has 0 aliphatic carbocycles. The molecule has 4 aromatic rings. The summed E-state index contributed by atoms with van der Waals surface area (Å²) in [6.07, 6.45) is 0. The van der Waals surface area contributed by atoms with Gasteiger partial charge in [-0.15, -0.1) is 11.3 Å². The Bertz CT molecular complexity index is 1060. The van der Waals surface area contributed by atoms with E-state index in [-0.39, 0.29) is 5.91 Å². The zero-order valence-electron chi connectivity index (χ0n) is 16.0. The van der Waals surface area contributed by atoms with Crippen LogP contribution in [-0.2, 0) is 6.54 Å². The fourth-order valence-electron chi connectivity index (χ4n) is 3.06. The highest BCUT2D eigenvalue weighted by atomic mass is 32.1. The molecule has 140 valence electrons. The molecule has 1 heterocycles. The topological polar surface area (TPSA) is 42.0 Å². The number of nitrogens with one attached hydrogen (secondary N) is 1. The average Bonchev–Trinajstić information content (AvgIpc) is 3.16. The fourth-order valence-corrected chi connectivity index (χ4v) is 4.04. The summed E-state index contributed by atoms with van der Waals surface area (Å²) in [5, 5.41) is 4.01. The summed E-state index contributed by atoms with van der Waals surface area (Å²) in [4.78, 5) is 17.1. The molecule has 1 amide bonds. The lowest BCUT2D eigenvalue weighted by Gasteiger charge is -2.08. The highest BCUT2D eigenvalue weighted by molar-refractivity contribution is 7.21. The van der Waals surface area contributed by atoms with Crippen molar-refractivity contribution in [2.45, 2.75) is 26.3 Å². The molecule has 0 radical (unpaired) electrons. The first-order valence-corrected chi connectivity index (χ1v) is 10.2. The predicted octanol–water partition coefficient (Wildman–Crippen LogP) is 6.02. The maximum absolute atomic E-state index is 12.4. The highest BCUT2D eigenvalue weighted by Crippen LogP contribution is 2.30. The van der Waals surface area contributed by atoms with Crippen molar-refractivity contribution < 1.29 is 4.79 Å². The SMILES string of the molecule is CC(C)c1ccc(C(=O)NCc2ccc(-c3nc4ccccc4s3)cc2)cc1. The summed E-state index contributed by atoms with van der Waals surface area (Å²) in [5.74, 6) is 0.414. The molecule has 0 bridgehead atoms. The summed E-state index contributed by atoms with van der Waals surface area (Å²) in [6, 6.07) is 24.2. The minimum atomic E-state index is -0.0504. The van der Waals surface area contributed by atoms with Gasteiger partial charge in [0.1, 0.15) is 5.01 Å². The lowest BCUT2D eigenvalue weighted by Crippen LogP contribution is -2.22. The molecule has 0 spiro atoms. The number of amides is 1. The molecule has 0 atom stereocenters. The van der Waals surface area contributed by atoms with E-state index in [2.05, 4.69) is 37.4 Å². The van der Waals surface area contributed by atoms with Gasteiger partial charge in [-0.1, -0.05) is 62.4 Å². The molecular weight excluding hydrogens is 364 g/mol. The van der Waals surface area contributed by atoms with E-state index < -0.39 is 0 Å². The smallest absolute Gasteiger partial charge is 0.251 e. The summed E-state index contributed by atoms with van der Waals surface area (Å²) >= 11 is 1.69. The van der Waals surface area contributed by atoms with Crippen LogP contribution in [0.25, 0.3) is 20.8 Å². The number of benzene rings is 3. The number of aromatic nitrogens is 1. The van der Waals surface area contributed by atoms with E-state index in [1.54, 1.807) is 11.3 Å². The Kier molecular flexibility index (Phi) is 5.22. The van der Waals surface area contributed by atoms with Crippen molar-refractivity contribution in [3.05, 3.63) is 89.5 Å². The number of carbonyl (C=O) groups is 1. The zero-order valence-corrected chi connectivity index (χ0v) is 16.8. The van der Waals surface area contributed by atoms with Gasteiger partial charge in [0.2, 0.25) is 0 Å². The summed E-state index contributed by atoms with van der Waals surface area (Å²) in [6.45, 7) is 4.80.